The molecule has 0 aliphatic heterocycles. The standard InChI is InChI=1S/C28H22BrO2P/c29-32(23-12-4-1-5-13-23,24-14-6-2-7-15-24,25-16-8-3-9-17-25)21-22-20-31-28(30)27-19-11-10-18-26(22)27/h1-20H,21H2. The van der Waals surface area contributed by atoms with Crippen molar-refractivity contribution in [2.24, 2.45) is 0 Å². The van der Waals surface area contributed by atoms with Crippen LogP contribution in [0, 0.1) is 0 Å². The number of benzene rings is 4. The topological polar surface area (TPSA) is 30.2 Å². The van der Waals surface area contributed by atoms with Crippen LogP contribution in [0.5, 0.6) is 0 Å². The molecule has 0 spiro atoms. The minimum absolute atomic E-state index is 0.307. The molecular formula is C28H22BrO2P. The van der Waals surface area contributed by atoms with E-state index in [1.807, 2.05) is 42.5 Å². The van der Waals surface area contributed by atoms with E-state index in [9.17, 15) is 4.79 Å². The van der Waals surface area contributed by atoms with E-state index in [2.05, 4.69) is 88.3 Å². The first kappa shape index (κ1) is 20.9. The number of hydrogen-bond donors (Lipinski definition) is 0. The second-order valence-electron chi connectivity index (χ2n) is 7.94. The maximum atomic E-state index is 12.4. The first-order chi connectivity index (χ1) is 15.6. The molecule has 0 aliphatic carbocycles. The fourth-order valence-electron chi connectivity index (χ4n) is 4.57. The van der Waals surface area contributed by atoms with Crippen LogP contribution in [-0.2, 0) is 6.16 Å². The molecule has 5 rings (SSSR count). The Labute approximate surface area is 195 Å². The number of halogens is 1. The van der Waals surface area contributed by atoms with Crippen LogP contribution >= 0.6 is 20.8 Å². The van der Waals surface area contributed by atoms with Crippen molar-refractivity contribution in [3.8, 4) is 0 Å². The number of fused-ring (bicyclic) bond motifs is 1. The van der Waals surface area contributed by atoms with E-state index in [4.69, 9.17) is 4.42 Å². The molecule has 4 heteroatoms. The third-order valence-corrected chi connectivity index (χ3v) is 15.6. The summed E-state index contributed by atoms with van der Waals surface area (Å²) in [4.78, 5) is 12.4. The third-order valence-electron chi connectivity index (χ3n) is 6.15. The average Bonchev–Trinajstić information content (AvgIpc) is 2.88. The van der Waals surface area contributed by atoms with Crippen molar-refractivity contribution in [2.75, 3.05) is 0 Å². The molecule has 2 nitrogen and oxygen atoms in total. The van der Waals surface area contributed by atoms with E-state index in [1.54, 1.807) is 6.26 Å². The van der Waals surface area contributed by atoms with Gasteiger partial charge in [-0.25, -0.2) is 0 Å². The Kier molecular flexibility index (Phi) is 5.33. The zero-order chi connectivity index (χ0) is 22.0. The molecule has 0 atom stereocenters. The fourth-order valence-corrected chi connectivity index (χ4v) is 12.2. The Hall–Kier alpha value is -3.00. The van der Waals surface area contributed by atoms with Gasteiger partial charge in [-0.3, -0.25) is 0 Å². The molecule has 0 saturated heterocycles. The summed E-state index contributed by atoms with van der Waals surface area (Å²) in [6.45, 7) is 0. The second-order valence-corrected chi connectivity index (χ2v) is 16.9. The molecule has 1 aromatic heterocycles. The van der Waals surface area contributed by atoms with Crippen LogP contribution in [-0.4, -0.2) is 0 Å². The minimum atomic E-state index is -3.17. The van der Waals surface area contributed by atoms with E-state index in [-0.39, 0.29) is 5.63 Å². The van der Waals surface area contributed by atoms with Crippen molar-refractivity contribution in [3.63, 3.8) is 0 Å². The average molecular weight is 501 g/mol. The monoisotopic (exact) mass is 500 g/mol. The number of rotatable bonds is 5. The Morgan fingerprint density at radius 1 is 0.594 bits per heavy atom. The predicted molar refractivity (Wildman–Crippen MR) is 140 cm³/mol. The molecule has 0 unspecified atom stereocenters. The van der Waals surface area contributed by atoms with Gasteiger partial charge in [-0.05, 0) is 0 Å². The summed E-state index contributed by atoms with van der Waals surface area (Å²) >= 11 is 4.47. The summed E-state index contributed by atoms with van der Waals surface area (Å²) in [5, 5.41) is 2.05. The van der Waals surface area contributed by atoms with Crippen molar-refractivity contribution in [3.05, 3.63) is 138 Å². The maximum absolute atomic E-state index is 12.4. The van der Waals surface area contributed by atoms with Gasteiger partial charge >= 0.3 is 196 Å². The predicted octanol–water partition coefficient (Wildman–Crippen LogP) is 6.13. The van der Waals surface area contributed by atoms with Crippen LogP contribution in [0.3, 0.4) is 0 Å². The third kappa shape index (κ3) is 3.24. The SMILES string of the molecule is O=c1occ(CP(Br)(c2ccccc2)(c2ccccc2)c2ccccc2)c2ccccc12. The van der Waals surface area contributed by atoms with Gasteiger partial charge in [0.05, 0.1) is 0 Å². The molecular weight excluding hydrogens is 479 g/mol. The van der Waals surface area contributed by atoms with Crippen LogP contribution in [0.2, 0.25) is 0 Å². The molecule has 32 heavy (non-hydrogen) atoms. The Balaban J connectivity index is 1.90. The zero-order valence-electron chi connectivity index (χ0n) is 17.4. The molecule has 0 bridgehead atoms. The van der Waals surface area contributed by atoms with Crippen LogP contribution in [0.15, 0.2) is 131 Å². The van der Waals surface area contributed by atoms with E-state index in [0.29, 0.717) is 11.5 Å². The normalized spacial score (nSPS) is 12.8. The molecule has 0 N–H and O–H groups in total. The summed E-state index contributed by atoms with van der Waals surface area (Å²) in [7, 11) is 0. The second kappa shape index (κ2) is 8.16. The Morgan fingerprint density at radius 3 is 1.47 bits per heavy atom. The molecule has 5 aromatic rings. The van der Waals surface area contributed by atoms with E-state index in [1.165, 1.54) is 15.9 Å². The molecule has 0 radical (unpaired) electrons. The molecule has 158 valence electrons. The Bertz CT molecular complexity index is 1330. The van der Waals surface area contributed by atoms with Crippen molar-refractivity contribution in [1.82, 2.24) is 0 Å². The van der Waals surface area contributed by atoms with Crippen LogP contribution in [0.25, 0.3) is 10.8 Å². The zero-order valence-corrected chi connectivity index (χ0v) is 19.9. The van der Waals surface area contributed by atoms with Gasteiger partial charge in [0.15, 0.2) is 0 Å². The van der Waals surface area contributed by atoms with Crippen molar-refractivity contribution >= 4 is 47.5 Å². The molecule has 1 heterocycles. The van der Waals surface area contributed by atoms with Crippen LogP contribution < -0.4 is 21.5 Å². The number of hydrogen-bond acceptors (Lipinski definition) is 2. The van der Waals surface area contributed by atoms with Gasteiger partial charge in [0.1, 0.15) is 0 Å². The fraction of sp³-hybridized carbons (Fsp3) is 0.0357. The van der Waals surface area contributed by atoms with E-state index >= 15 is 0 Å². The van der Waals surface area contributed by atoms with Gasteiger partial charge in [0.25, 0.3) is 0 Å². The quantitative estimate of drug-likeness (QED) is 0.271. The van der Waals surface area contributed by atoms with Gasteiger partial charge in [0, 0.05) is 0 Å². The van der Waals surface area contributed by atoms with E-state index in [0.717, 1.165) is 10.9 Å². The summed E-state index contributed by atoms with van der Waals surface area (Å²) < 4.78 is 5.51. The van der Waals surface area contributed by atoms with Crippen molar-refractivity contribution < 1.29 is 4.42 Å². The summed E-state index contributed by atoms with van der Waals surface area (Å²) in [5.74, 6) is 0. The van der Waals surface area contributed by atoms with E-state index < -0.39 is 5.31 Å². The molecule has 0 fully saturated rings. The van der Waals surface area contributed by atoms with Gasteiger partial charge in [-0.2, -0.15) is 0 Å². The first-order valence-electron chi connectivity index (χ1n) is 10.5. The Morgan fingerprint density at radius 2 is 1.00 bits per heavy atom. The summed E-state index contributed by atoms with van der Waals surface area (Å²) in [5.41, 5.74) is 0.699. The van der Waals surface area contributed by atoms with Gasteiger partial charge in [-0.1, -0.05) is 0 Å². The van der Waals surface area contributed by atoms with Crippen LogP contribution in [0.4, 0.5) is 0 Å². The van der Waals surface area contributed by atoms with Gasteiger partial charge in [0.2, 0.25) is 0 Å². The molecule has 0 aliphatic rings. The first-order valence-corrected chi connectivity index (χ1v) is 14.9. The van der Waals surface area contributed by atoms with Gasteiger partial charge in [-0.15, -0.1) is 0 Å². The van der Waals surface area contributed by atoms with Gasteiger partial charge < -0.3 is 0 Å². The van der Waals surface area contributed by atoms with Crippen molar-refractivity contribution in [2.45, 2.75) is 6.16 Å². The molecule has 0 saturated carbocycles. The summed E-state index contributed by atoms with van der Waals surface area (Å²) in [6, 6.07) is 39.6. The van der Waals surface area contributed by atoms with Crippen LogP contribution in [0.1, 0.15) is 5.56 Å². The molecule has 4 aromatic carbocycles. The summed E-state index contributed by atoms with van der Waals surface area (Å²) in [6.07, 6.45) is 2.32. The molecule has 0 amide bonds. The van der Waals surface area contributed by atoms with Crippen molar-refractivity contribution in [1.29, 1.82) is 0 Å².